The highest BCUT2D eigenvalue weighted by Gasteiger charge is 2.30. The first-order valence-corrected chi connectivity index (χ1v) is 8.22. The van der Waals surface area contributed by atoms with Crippen molar-refractivity contribution in [1.29, 1.82) is 0 Å². The molecule has 0 saturated heterocycles. The first-order chi connectivity index (χ1) is 11.2. The molecule has 0 spiro atoms. The number of aromatic nitrogens is 3. The normalized spacial score (nSPS) is 14.0. The second kappa shape index (κ2) is 6.81. The standard InChI is InChI=1S/C17H22N4O2/c1-2-6-15(22)18-11-12-20-17(23)21(14-9-10-14)16(19-20)13-7-4-3-5-8-13/h3-5,7-8,14H,2,6,9-12H2,1H3,(H,18,22). The number of amides is 1. The maximum atomic E-state index is 12.6. The van der Waals surface area contributed by atoms with E-state index >= 15 is 0 Å². The Balaban J connectivity index is 1.79. The summed E-state index contributed by atoms with van der Waals surface area (Å²) < 4.78 is 3.26. The van der Waals surface area contributed by atoms with Crippen molar-refractivity contribution >= 4 is 5.91 Å². The second-order valence-electron chi connectivity index (χ2n) is 5.90. The fourth-order valence-corrected chi connectivity index (χ4v) is 2.63. The third kappa shape index (κ3) is 3.52. The molecule has 0 unspecified atom stereocenters. The summed E-state index contributed by atoms with van der Waals surface area (Å²) in [5, 5.41) is 7.32. The van der Waals surface area contributed by atoms with E-state index in [4.69, 9.17) is 0 Å². The van der Waals surface area contributed by atoms with Crippen molar-refractivity contribution in [3.63, 3.8) is 0 Å². The second-order valence-corrected chi connectivity index (χ2v) is 5.90. The predicted molar refractivity (Wildman–Crippen MR) is 88.1 cm³/mol. The van der Waals surface area contributed by atoms with Gasteiger partial charge in [0, 0.05) is 24.6 Å². The summed E-state index contributed by atoms with van der Waals surface area (Å²) in [6.07, 6.45) is 3.39. The van der Waals surface area contributed by atoms with Gasteiger partial charge >= 0.3 is 5.69 Å². The van der Waals surface area contributed by atoms with E-state index in [1.54, 1.807) is 4.57 Å². The van der Waals surface area contributed by atoms with Crippen molar-refractivity contribution in [3.05, 3.63) is 40.8 Å². The number of carbonyl (C=O) groups is 1. The topological polar surface area (TPSA) is 68.9 Å². The highest BCUT2D eigenvalue weighted by molar-refractivity contribution is 5.75. The lowest BCUT2D eigenvalue weighted by molar-refractivity contribution is -0.121. The molecule has 1 aliphatic carbocycles. The molecule has 1 saturated carbocycles. The zero-order valence-electron chi connectivity index (χ0n) is 13.4. The molecule has 6 nitrogen and oxygen atoms in total. The Morgan fingerprint density at radius 3 is 2.70 bits per heavy atom. The van der Waals surface area contributed by atoms with Gasteiger partial charge in [0.05, 0.1) is 6.54 Å². The molecule has 2 aromatic rings. The van der Waals surface area contributed by atoms with E-state index in [0.29, 0.717) is 19.5 Å². The number of rotatable bonds is 7. The average molecular weight is 314 g/mol. The van der Waals surface area contributed by atoms with Crippen LogP contribution < -0.4 is 11.0 Å². The van der Waals surface area contributed by atoms with Gasteiger partial charge in [-0.25, -0.2) is 9.48 Å². The smallest absolute Gasteiger partial charge is 0.346 e. The molecule has 122 valence electrons. The highest BCUT2D eigenvalue weighted by atomic mass is 16.2. The van der Waals surface area contributed by atoms with E-state index in [-0.39, 0.29) is 17.6 Å². The summed E-state index contributed by atoms with van der Waals surface area (Å²) in [6.45, 7) is 2.79. The zero-order chi connectivity index (χ0) is 16.2. The SMILES string of the molecule is CCCC(=O)NCCn1nc(-c2ccccc2)n(C2CC2)c1=O. The third-order valence-electron chi connectivity index (χ3n) is 3.94. The molecule has 0 bridgehead atoms. The lowest BCUT2D eigenvalue weighted by atomic mass is 10.2. The number of benzene rings is 1. The van der Waals surface area contributed by atoms with Gasteiger partial charge in [-0.1, -0.05) is 37.3 Å². The molecule has 1 fully saturated rings. The Kier molecular flexibility index (Phi) is 4.60. The van der Waals surface area contributed by atoms with E-state index in [1.807, 2.05) is 37.3 Å². The molecular weight excluding hydrogens is 292 g/mol. The van der Waals surface area contributed by atoms with Crippen molar-refractivity contribution in [2.24, 2.45) is 0 Å². The average Bonchev–Trinajstić information content (AvgIpc) is 3.34. The van der Waals surface area contributed by atoms with Crippen LogP contribution in [0.4, 0.5) is 0 Å². The van der Waals surface area contributed by atoms with Crippen LogP contribution in [0.15, 0.2) is 35.1 Å². The molecule has 23 heavy (non-hydrogen) atoms. The summed E-state index contributed by atoms with van der Waals surface area (Å²) in [4.78, 5) is 24.1. The first kappa shape index (κ1) is 15.5. The van der Waals surface area contributed by atoms with E-state index in [9.17, 15) is 9.59 Å². The number of hydrogen-bond donors (Lipinski definition) is 1. The summed E-state index contributed by atoms with van der Waals surface area (Å²) >= 11 is 0. The van der Waals surface area contributed by atoms with E-state index < -0.39 is 0 Å². The summed E-state index contributed by atoms with van der Waals surface area (Å²) in [6, 6.07) is 10.0. The first-order valence-electron chi connectivity index (χ1n) is 8.22. The number of carbonyl (C=O) groups excluding carboxylic acids is 1. The van der Waals surface area contributed by atoms with Crippen LogP contribution in [0.2, 0.25) is 0 Å². The van der Waals surface area contributed by atoms with Gasteiger partial charge in [-0.15, -0.1) is 5.10 Å². The lowest BCUT2D eigenvalue weighted by Gasteiger charge is -2.03. The van der Waals surface area contributed by atoms with Gasteiger partial charge < -0.3 is 5.32 Å². The molecule has 1 amide bonds. The van der Waals surface area contributed by atoms with Crippen molar-refractivity contribution < 1.29 is 4.79 Å². The maximum absolute atomic E-state index is 12.6. The molecule has 0 aliphatic heterocycles. The van der Waals surface area contributed by atoms with E-state index in [1.165, 1.54) is 4.68 Å². The lowest BCUT2D eigenvalue weighted by Crippen LogP contribution is -2.32. The molecule has 0 atom stereocenters. The van der Waals surface area contributed by atoms with Crippen LogP contribution in [-0.2, 0) is 11.3 Å². The summed E-state index contributed by atoms with van der Waals surface area (Å²) in [5.41, 5.74) is 0.862. The molecule has 1 heterocycles. The fraction of sp³-hybridized carbons (Fsp3) is 0.471. The number of hydrogen-bond acceptors (Lipinski definition) is 3. The van der Waals surface area contributed by atoms with Crippen LogP contribution >= 0.6 is 0 Å². The quantitative estimate of drug-likeness (QED) is 0.849. The Morgan fingerprint density at radius 1 is 1.30 bits per heavy atom. The van der Waals surface area contributed by atoms with Gasteiger partial charge in [-0.2, -0.15) is 0 Å². The Hall–Kier alpha value is -2.37. The molecule has 3 rings (SSSR count). The van der Waals surface area contributed by atoms with Gasteiger partial charge in [0.2, 0.25) is 5.91 Å². The van der Waals surface area contributed by atoms with Gasteiger partial charge in [-0.05, 0) is 19.3 Å². The minimum atomic E-state index is -0.0870. The number of nitrogens with one attached hydrogen (secondary N) is 1. The van der Waals surface area contributed by atoms with Gasteiger partial charge in [-0.3, -0.25) is 9.36 Å². The van der Waals surface area contributed by atoms with Gasteiger partial charge in [0.25, 0.3) is 0 Å². The zero-order valence-corrected chi connectivity index (χ0v) is 13.4. The minimum absolute atomic E-state index is 0.0189. The predicted octanol–water partition coefficient (Wildman–Crippen LogP) is 1.96. The van der Waals surface area contributed by atoms with Crippen LogP contribution in [0.1, 0.15) is 38.6 Å². The fourth-order valence-electron chi connectivity index (χ4n) is 2.63. The molecule has 0 radical (unpaired) electrons. The minimum Gasteiger partial charge on any atom is -0.354 e. The summed E-state index contributed by atoms with van der Waals surface area (Å²) in [5.74, 6) is 0.739. The monoisotopic (exact) mass is 314 g/mol. The van der Waals surface area contributed by atoms with Crippen LogP contribution in [0.25, 0.3) is 11.4 Å². The van der Waals surface area contributed by atoms with Gasteiger partial charge in [0.1, 0.15) is 0 Å². The highest BCUT2D eigenvalue weighted by Crippen LogP contribution is 2.36. The Morgan fingerprint density at radius 2 is 2.04 bits per heavy atom. The molecule has 6 heteroatoms. The van der Waals surface area contributed by atoms with Crippen LogP contribution in [0.3, 0.4) is 0 Å². The Bertz CT molecular complexity index is 729. The Labute approximate surface area is 135 Å². The molecule has 1 aliphatic rings. The van der Waals surface area contributed by atoms with Gasteiger partial charge in [0.15, 0.2) is 5.82 Å². The van der Waals surface area contributed by atoms with Crippen molar-refractivity contribution in [1.82, 2.24) is 19.7 Å². The van der Waals surface area contributed by atoms with E-state index in [2.05, 4.69) is 10.4 Å². The van der Waals surface area contributed by atoms with Crippen LogP contribution in [-0.4, -0.2) is 26.8 Å². The molecule has 1 aromatic heterocycles. The van der Waals surface area contributed by atoms with Crippen LogP contribution in [0, 0.1) is 0 Å². The third-order valence-corrected chi connectivity index (χ3v) is 3.94. The number of nitrogens with zero attached hydrogens (tertiary/aromatic N) is 3. The maximum Gasteiger partial charge on any atom is 0.346 e. The van der Waals surface area contributed by atoms with Crippen molar-refractivity contribution in [2.45, 2.75) is 45.2 Å². The van der Waals surface area contributed by atoms with Crippen molar-refractivity contribution in [3.8, 4) is 11.4 Å². The largest absolute Gasteiger partial charge is 0.354 e. The molecule has 1 N–H and O–H groups in total. The van der Waals surface area contributed by atoms with E-state index in [0.717, 1.165) is 30.7 Å². The summed E-state index contributed by atoms with van der Waals surface area (Å²) in [7, 11) is 0. The van der Waals surface area contributed by atoms with Crippen LogP contribution in [0.5, 0.6) is 0 Å². The van der Waals surface area contributed by atoms with Crippen molar-refractivity contribution in [2.75, 3.05) is 6.54 Å². The molecular formula is C17H22N4O2. The molecule has 1 aromatic carbocycles.